The van der Waals surface area contributed by atoms with Crippen molar-refractivity contribution in [3.63, 3.8) is 0 Å². The molecule has 0 amide bonds. The minimum atomic E-state index is -0.393. The number of hydrogen-bond donors (Lipinski definition) is 0. The Bertz CT molecular complexity index is 775. The van der Waals surface area contributed by atoms with E-state index in [1.807, 2.05) is 4.90 Å². The van der Waals surface area contributed by atoms with Crippen LogP contribution in [-0.4, -0.2) is 34.3 Å². The van der Waals surface area contributed by atoms with E-state index < -0.39 is 5.97 Å². The average Bonchev–Trinajstić information content (AvgIpc) is 3.09. The molecule has 23 heavy (non-hydrogen) atoms. The molecule has 0 saturated heterocycles. The van der Waals surface area contributed by atoms with Crippen LogP contribution in [-0.2, 0) is 11.2 Å². The molecule has 6 nitrogen and oxygen atoms in total. The number of nitrogens with zero attached hydrogens (tertiary/aromatic N) is 4. The van der Waals surface area contributed by atoms with Gasteiger partial charge in [0.15, 0.2) is 21.8 Å². The molecule has 2 aromatic heterocycles. The molecule has 1 aliphatic carbocycles. The molecule has 1 aliphatic heterocycles. The van der Waals surface area contributed by atoms with E-state index in [4.69, 9.17) is 16.3 Å². The molecule has 0 spiro atoms. The summed E-state index contributed by atoms with van der Waals surface area (Å²) in [6, 6.07) is 0. The van der Waals surface area contributed by atoms with Crippen LogP contribution in [0.3, 0.4) is 0 Å². The molecule has 0 unspecified atom stereocenters. The molecular formula is C15H15ClN4O2S. The number of thiazole rings is 1. The Hall–Kier alpha value is -1.73. The summed E-state index contributed by atoms with van der Waals surface area (Å²) in [5, 5.41) is 11.4. The highest BCUT2D eigenvalue weighted by atomic mass is 35.5. The van der Waals surface area contributed by atoms with Gasteiger partial charge in [0.25, 0.3) is 0 Å². The largest absolute Gasteiger partial charge is 0.461 e. The van der Waals surface area contributed by atoms with Gasteiger partial charge in [0, 0.05) is 23.1 Å². The Kier molecular flexibility index (Phi) is 3.69. The van der Waals surface area contributed by atoms with Crippen LogP contribution in [0.15, 0.2) is 5.38 Å². The predicted molar refractivity (Wildman–Crippen MR) is 87.8 cm³/mol. The number of ether oxygens (including phenoxy) is 1. The second-order valence-electron chi connectivity index (χ2n) is 5.62. The van der Waals surface area contributed by atoms with Gasteiger partial charge in [-0.15, -0.1) is 21.5 Å². The number of carbonyl (C=O) groups is 1. The Balaban J connectivity index is 1.66. The molecule has 0 bridgehead atoms. The highest BCUT2D eigenvalue weighted by molar-refractivity contribution is 7.14. The number of esters is 1. The number of anilines is 2. The van der Waals surface area contributed by atoms with Gasteiger partial charge in [-0.25, -0.2) is 9.78 Å². The molecule has 1 saturated carbocycles. The number of carbonyl (C=O) groups excluding carboxylic acids is 1. The van der Waals surface area contributed by atoms with E-state index in [1.165, 1.54) is 29.7 Å². The predicted octanol–water partition coefficient (Wildman–Crippen LogP) is 3.33. The number of rotatable bonds is 4. The Morgan fingerprint density at radius 3 is 3.04 bits per heavy atom. The third kappa shape index (κ3) is 2.57. The minimum Gasteiger partial charge on any atom is -0.461 e. The molecule has 0 aromatic carbocycles. The van der Waals surface area contributed by atoms with E-state index in [2.05, 4.69) is 15.2 Å². The van der Waals surface area contributed by atoms with Crippen LogP contribution in [0.5, 0.6) is 0 Å². The minimum absolute atomic E-state index is 0.338. The maximum atomic E-state index is 11.8. The summed E-state index contributed by atoms with van der Waals surface area (Å²) in [5.74, 6) is 0.953. The van der Waals surface area contributed by atoms with Gasteiger partial charge in [-0.3, -0.25) is 0 Å². The van der Waals surface area contributed by atoms with Crippen molar-refractivity contribution in [3.8, 4) is 0 Å². The van der Waals surface area contributed by atoms with Crippen molar-refractivity contribution in [1.82, 2.24) is 15.2 Å². The van der Waals surface area contributed by atoms with Crippen LogP contribution in [0.4, 0.5) is 10.9 Å². The van der Waals surface area contributed by atoms with Gasteiger partial charge in [-0.05, 0) is 32.1 Å². The topological polar surface area (TPSA) is 68.2 Å². The van der Waals surface area contributed by atoms with E-state index in [9.17, 15) is 4.79 Å². The molecule has 4 rings (SSSR count). The van der Waals surface area contributed by atoms with Gasteiger partial charge < -0.3 is 9.64 Å². The lowest BCUT2D eigenvalue weighted by Gasteiger charge is -2.14. The molecular weight excluding hydrogens is 336 g/mol. The Labute approximate surface area is 142 Å². The van der Waals surface area contributed by atoms with Crippen molar-refractivity contribution in [3.05, 3.63) is 27.4 Å². The van der Waals surface area contributed by atoms with Crippen LogP contribution < -0.4 is 4.90 Å². The van der Waals surface area contributed by atoms with Crippen molar-refractivity contribution in [2.75, 3.05) is 18.1 Å². The third-order valence-corrected chi connectivity index (χ3v) is 5.23. The normalized spacial score (nSPS) is 16.5. The summed E-state index contributed by atoms with van der Waals surface area (Å²) in [6.45, 7) is 2.90. The fraction of sp³-hybridized carbons (Fsp3) is 0.467. The van der Waals surface area contributed by atoms with Gasteiger partial charge in [0.2, 0.25) is 0 Å². The highest BCUT2D eigenvalue weighted by Gasteiger charge is 2.35. The standard InChI is InChI=1S/C15H15ClN4O2S/c1-2-22-14(21)10-7-23-15(17-10)20-6-5-9-11(8-3-4-8)12(16)18-19-13(9)20/h7-8H,2-6H2,1H3. The number of aromatic nitrogens is 3. The quantitative estimate of drug-likeness (QED) is 0.788. The van der Waals surface area contributed by atoms with E-state index >= 15 is 0 Å². The summed E-state index contributed by atoms with van der Waals surface area (Å²) in [7, 11) is 0. The summed E-state index contributed by atoms with van der Waals surface area (Å²) in [5.41, 5.74) is 2.67. The van der Waals surface area contributed by atoms with Gasteiger partial charge in [-0.2, -0.15) is 0 Å². The zero-order valence-corrected chi connectivity index (χ0v) is 14.2. The molecule has 8 heteroatoms. The number of fused-ring (bicyclic) bond motifs is 1. The Morgan fingerprint density at radius 1 is 1.48 bits per heavy atom. The first-order chi connectivity index (χ1) is 11.2. The lowest BCUT2D eigenvalue weighted by Crippen LogP contribution is -2.15. The maximum absolute atomic E-state index is 11.8. The van der Waals surface area contributed by atoms with Crippen LogP contribution >= 0.6 is 22.9 Å². The maximum Gasteiger partial charge on any atom is 0.357 e. The number of hydrogen-bond acceptors (Lipinski definition) is 7. The molecule has 3 heterocycles. The van der Waals surface area contributed by atoms with E-state index in [-0.39, 0.29) is 0 Å². The van der Waals surface area contributed by atoms with Crippen molar-refractivity contribution in [1.29, 1.82) is 0 Å². The monoisotopic (exact) mass is 350 g/mol. The lowest BCUT2D eigenvalue weighted by molar-refractivity contribution is 0.0520. The summed E-state index contributed by atoms with van der Waals surface area (Å²) < 4.78 is 4.99. The lowest BCUT2D eigenvalue weighted by atomic mass is 10.1. The van der Waals surface area contributed by atoms with Crippen LogP contribution in [0.25, 0.3) is 0 Å². The average molecular weight is 351 g/mol. The van der Waals surface area contributed by atoms with Crippen molar-refractivity contribution >= 4 is 39.9 Å². The third-order valence-electron chi connectivity index (χ3n) is 4.08. The zero-order valence-electron chi connectivity index (χ0n) is 12.6. The van der Waals surface area contributed by atoms with Crippen molar-refractivity contribution in [2.45, 2.75) is 32.1 Å². The van der Waals surface area contributed by atoms with Crippen LogP contribution in [0.1, 0.15) is 47.3 Å². The van der Waals surface area contributed by atoms with Crippen molar-refractivity contribution in [2.24, 2.45) is 0 Å². The molecule has 2 aliphatic rings. The fourth-order valence-electron chi connectivity index (χ4n) is 2.90. The second kappa shape index (κ2) is 5.72. The summed E-state index contributed by atoms with van der Waals surface area (Å²) >= 11 is 7.66. The highest BCUT2D eigenvalue weighted by Crippen LogP contribution is 2.48. The SMILES string of the molecule is CCOC(=O)c1csc(N2CCc3c2nnc(Cl)c3C2CC2)n1. The molecule has 0 atom stereocenters. The van der Waals surface area contributed by atoms with Gasteiger partial charge >= 0.3 is 5.97 Å². The molecule has 2 aromatic rings. The molecule has 120 valence electrons. The van der Waals surface area contributed by atoms with Crippen molar-refractivity contribution < 1.29 is 9.53 Å². The Morgan fingerprint density at radius 2 is 2.30 bits per heavy atom. The fourth-order valence-corrected chi connectivity index (χ4v) is 4.03. The van der Waals surface area contributed by atoms with Crippen LogP contribution in [0.2, 0.25) is 5.15 Å². The first-order valence-corrected chi connectivity index (χ1v) is 8.90. The van der Waals surface area contributed by atoms with E-state index in [0.717, 1.165) is 29.5 Å². The summed E-state index contributed by atoms with van der Waals surface area (Å²) in [4.78, 5) is 18.2. The van der Waals surface area contributed by atoms with E-state index in [1.54, 1.807) is 12.3 Å². The first-order valence-electron chi connectivity index (χ1n) is 7.64. The van der Waals surface area contributed by atoms with Gasteiger partial charge in [0.1, 0.15) is 0 Å². The molecule has 0 radical (unpaired) electrons. The smallest absolute Gasteiger partial charge is 0.357 e. The first kappa shape index (κ1) is 14.8. The number of halogens is 1. The summed E-state index contributed by atoms with van der Waals surface area (Å²) in [6.07, 6.45) is 3.22. The molecule has 0 N–H and O–H groups in total. The second-order valence-corrected chi connectivity index (χ2v) is 6.81. The van der Waals surface area contributed by atoms with E-state index in [0.29, 0.717) is 23.4 Å². The van der Waals surface area contributed by atoms with Gasteiger partial charge in [0.05, 0.1) is 6.61 Å². The molecule has 1 fully saturated rings. The van der Waals surface area contributed by atoms with Gasteiger partial charge in [-0.1, -0.05) is 11.6 Å². The van der Waals surface area contributed by atoms with Crippen LogP contribution in [0, 0.1) is 0 Å². The zero-order chi connectivity index (χ0) is 16.0.